The summed E-state index contributed by atoms with van der Waals surface area (Å²) in [6, 6.07) is 5.94. The number of hydrogen-bond acceptors (Lipinski definition) is 4. The molecule has 1 aliphatic rings. The molecule has 0 spiro atoms. The van der Waals surface area contributed by atoms with Gasteiger partial charge in [-0.25, -0.2) is 0 Å². The number of aromatic amines is 1. The summed E-state index contributed by atoms with van der Waals surface area (Å²) in [6.45, 7) is 5.97. The number of benzene rings is 1. The maximum atomic E-state index is 6.14. The number of aryl methyl sites for hydroxylation is 1. The molecule has 1 saturated heterocycles. The fourth-order valence-electron chi connectivity index (χ4n) is 2.65. The van der Waals surface area contributed by atoms with Crippen molar-refractivity contribution in [1.82, 2.24) is 15.2 Å². The van der Waals surface area contributed by atoms with E-state index in [1.807, 2.05) is 25.1 Å². The molecule has 0 radical (unpaired) electrons. The van der Waals surface area contributed by atoms with E-state index in [1.54, 1.807) is 0 Å². The normalized spacial score (nSPS) is 22.6. The molecule has 2 heterocycles. The highest BCUT2D eigenvalue weighted by Crippen LogP contribution is 2.26. The number of piperidine rings is 1. The summed E-state index contributed by atoms with van der Waals surface area (Å²) in [4.78, 5) is 6.75. The quantitative estimate of drug-likeness (QED) is 0.894. The number of nitrogens with one attached hydrogen (secondary N) is 1. The van der Waals surface area contributed by atoms with Crippen LogP contribution in [0.3, 0.4) is 0 Å². The molecule has 2 aromatic rings. The summed E-state index contributed by atoms with van der Waals surface area (Å²) in [5, 5.41) is 8.05. The molecular weight excluding hydrogens is 286 g/mol. The summed E-state index contributed by atoms with van der Waals surface area (Å²) in [5.74, 6) is 2.01. The van der Waals surface area contributed by atoms with Gasteiger partial charge in [-0.2, -0.15) is 4.98 Å². The second-order valence-electron chi connectivity index (χ2n) is 5.82. The number of halogens is 1. The molecule has 1 aromatic carbocycles. The Bertz CT molecular complexity index is 639. The van der Waals surface area contributed by atoms with Crippen LogP contribution in [0.15, 0.2) is 18.2 Å². The van der Waals surface area contributed by atoms with Crippen molar-refractivity contribution in [2.75, 3.05) is 18.0 Å². The Hall–Kier alpha value is -1.59. The maximum absolute atomic E-state index is 6.14. The van der Waals surface area contributed by atoms with Crippen molar-refractivity contribution in [3.63, 3.8) is 0 Å². The second-order valence-corrected chi connectivity index (χ2v) is 6.26. The van der Waals surface area contributed by atoms with Gasteiger partial charge in [-0.15, -0.1) is 5.10 Å². The van der Waals surface area contributed by atoms with E-state index in [0.717, 1.165) is 36.5 Å². The Kier molecular flexibility index (Phi) is 3.87. The van der Waals surface area contributed by atoms with E-state index in [-0.39, 0.29) is 6.04 Å². The Morgan fingerprint density at radius 1 is 1.43 bits per heavy atom. The van der Waals surface area contributed by atoms with Crippen LogP contribution in [0.2, 0.25) is 5.02 Å². The van der Waals surface area contributed by atoms with Gasteiger partial charge < -0.3 is 10.6 Å². The van der Waals surface area contributed by atoms with Gasteiger partial charge in [0.05, 0.1) is 0 Å². The summed E-state index contributed by atoms with van der Waals surface area (Å²) < 4.78 is 0. The Morgan fingerprint density at radius 3 is 3.00 bits per heavy atom. The van der Waals surface area contributed by atoms with Gasteiger partial charge in [0.15, 0.2) is 5.82 Å². The van der Waals surface area contributed by atoms with E-state index in [0.29, 0.717) is 16.9 Å². The van der Waals surface area contributed by atoms with Gasteiger partial charge in [-0.1, -0.05) is 24.6 Å². The smallest absolute Gasteiger partial charge is 0.245 e. The molecule has 3 N–H and O–H groups in total. The van der Waals surface area contributed by atoms with Crippen molar-refractivity contribution >= 4 is 17.5 Å². The fraction of sp³-hybridized carbons (Fsp3) is 0.467. The Labute approximate surface area is 129 Å². The van der Waals surface area contributed by atoms with E-state index < -0.39 is 0 Å². The lowest BCUT2D eigenvalue weighted by Gasteiger charge is -2.34. The van der Waals surface area contributed by atoms with Gasteiger partial charge in [0.25, 0.3) is 0 Å². The van der Waals surface area contributed by atoms with Crippen molar-refractivity contribution < 1.29 is 0 Å². The first kappa shape index (κ1) is 14.4. The topological polar surface area (TPSA) is 70.8 Å². The summed E-state index contributed by atoms with van der Waals surface area (Å²) >= 11 is 6.07. The minimum atomic E-state index is 0.175. The summed E-state index contributed by atoms with van der Waals surface area (Å²) in [6.07, 6.45) is 1.07. The highest BCUT2D eigenvalue weighted by molar-refractivity contribution is 6.30. The second kappa shape index (κ2) is 5.66. The van der Waals surface area contributed by atoms with Crippen LogP contribution < -0.4 is 10.6 Å². The zero-order valence-corrected chi connectivity index (χ0v) is 13.1. The Balaban J connectivity index is 1.85. The van der Waals surface area contributed by atoms with Gasteiger partial charge >= 0.3 is 0 Å². The monoisotopic (exact) mass is 305 g/mol. The summed E-state index contributed by atoms with van der Waals surface area (Å²) in [5.41, 5.74) is 8.24. The van der Waals surface area contributed by atoms with Crippen LogP contribution in [0.5, 0.6) is 0 Å². The molecule has 1 fully saturated rings. The molecule has 3 rings (SSSR count). The standard InChI is InChI=1S/C15H20ClN5/c1-9-3-4-11(16)7-12(9)14-18-15(20-19-14)21-6-5-10(2)13(17)8-21/h3-4,7,10,13H,5-6,8,17H2,1-2H3,(H,18,19,20). The van der Waals surface area contributed by atoms with Crippen LogP contribution >= 0.6 is 11.6 Å². The third kappa shape index (κ3) is 2.89. The number of H-pyrrole nitrogens is 1. The lowest BCUT2D eigenvalue weighted by atomic mass is 9.95. The van der Waals surface area contributed by atoms with Crippen LogP contribution in [0.1, 0.15) is 18.9 Å². The fourth-order valence-corrected chi connectivity index (χ4v) is 2.82. The van der Waals surface area contributed by atoms with E-state index in [2.05, 4.69) is 27.0 Å². The Morgan fingerprint density at radius 2 is 2.24 bits per heavy atom. The van der Waals surface area contributed by atoms with Gasteiger partial charge in [0.1, 0.15) is 0 Å². The average Bonchev–Trinajstić information content (AvgIpc) is 2.94. The molecule has 1 aromatic heterocycles. The number of hydrogen-bond donors (Lipinski definition) is 2. The van der Waals surface area contributed by atoms with E-state index in [4.69, 9.17) is 17.3 Å². The molecule has 112 valence electrons. The van der Waals surface area contributed by atoms with Gasteiger partial charge in [-0.3, -0.25) is 5.10 Å². The molecule has 6 heteroatoms. The predicted octanol–water partition coefficient (Wildman–Crippen LogP) is 2.61. The molecule has 21 heavy (non-hydrogen) atoms. The SMILES string of the molecule is Cc1ccc(Cl)cc1-c1nc(N2CCC(C)C(N)C2)n[nH]1. The average molecular weight is 306 g/mol. The minimum Gasteiger partial charge on any atom is -0.338 e. The molecule has 5 nitrogen and oxygen atoms in total. The maximum Gasteiger partial charge on any atom is 0.245 e. The lowest BCUT2D eigenvalue weighted by Crippen LogP contribution is -2.48. The minimum absolute atomic E-state index is 0.175. The highest BCUT2D eigenvalue weighted by atomic mass is 35.5. The van der Waals surface area contributed by atoms with Crippen molar-refractivity contribution in [2.24, 2.45) is 11.7 Å². The number of rotatable bonds is 2. The number of anilines is 1. The molecule has 2 atom stereocenters. The third-order valence-corrected chi connectivity index (χ3v) is 4.46. The predicted molar refractivity (Wildman–Crippen MR) is 85.5 cm³/mol. The van der Waals surface area contributed by atoms with E-state index in [9.17, 15) is 0 Å². The van der Waals surface area contributed by atoms with Crippen molar-refractivity contribution in [3.8, 4) is 11.4 Å². The van der Waals surface area contributed by atoms with Crippen molar-refractivity contribution in [1.29, 1.82) is 0 Å². The molecule has 0 saturated carbocycles. The van der Waals surface area contributed by atoms with Gasteiger partial charge in [-0.05, 0) is 37.0 Å². The molecule has 1 aliphatic heterocycles. The summed E-state index contributed by atoms with van der Waals surface area (Å²) in [7, 11) is 0. The largest absolute Gasteiger partial charge is 0.338 e. The van der Waals surface area contributed by atoms with Crippen LogP contribution in [0.25, 0.3) is 11.4 Å². The first-order chi connectivity index (χ1) is 10.0. The first-order valence-corrected chi connectivity index (χ1v) is 7.62. The van der Waals surface area contributed by atoms with Crippen LogP contribution in [0.4, 0.5) is 5.95 Å². The zero-order chi connectivity index (χ0) is 15.0. The van der Waals surface area contributed by atoms with Gasteiger partial charge in [0.2, 0.25) is 5.95 Å². The van der Waals surface area contributed by atoms with Crippen molar-refractivity contribution in [3.05, 3.63) is 28.8 Å². The first-order valence-electron chi connectivity index (χ1n) is 7.24. The van der Waals surface area contributed by atoms with Gasteiger partial charge in [0, 0.05) is 29.7 Å². The number of nitrogens with zero attached hydrogens (tertiary/aromatic N) is 3. The number of aromatic nitrogens is 3. The zero-order valence-electron chi connectivity index (χ0n) is 12.3. The number of nitrogens with two attached hydrogens (primary N) is 1. The van der Waals surface area contributed by atoms with Crippen LogP contribution in [0, 0.1) is 12.8 Å². The van der Waals surface area contributed by atoms with Crippen LogP contribution in [-0.2, 0) is 0 Å². The molecular formula is C15H20ClN5. The highest BCUT2D eigenvalue weighted by Gasteiger charge is 2.25. The molecule has 0 amide bonds. The van der Waals surface area contributed by atoms with Crippen LogP contribution in [-0.4, -0.2) is 34.3 Å². The molecule has 0 bridgehead atoms. The van der Waals surface area contributed by atoms with E-state index in [1.165, 1.54) is 0 Å². The van der Waals surface area contributed by atoms with Crippen molar-refractivity contribution in [2.45, 2.75) is 26.3 Å². The third-order valence-electron chi connectivity index (χ3n) is 4.23. The lowest BCUT2D eigenvalue weighted by molar-refractivity contribution is 0.376. The molecule has 2 unspecified atom stereocenters. The molecule has 0 aliphatic carbocycles. The van der Waals surface area contributed by atoms with E-state index >= 15 is 0 Å².